The summed E-state index contributed by atoms with van der Waals surface area (Å²) in [6, 6.07) is 4.15. The van der Waals surface area contributed by atoms with Gasteiger partial charge in [0.2, 0.25) is 11.8 Å². The second kappa shape index (κ2) is 9.09. The number of tetrazole rings is 1. The van der Waals surface area contributed by atoms with Gasteiger partial charge in [0.15, 0.2) is 0 Å². The Morgan fingerprint density at radius 3 is 2.80 bits per heavy atom. The number of hydrogen-bond acceptors (Lipinski definition) is 6. The molecule has 2 heterocycles. The number of amides is 2. The summed E-state index contributed by atoms with van der Waals surface area (Å²) < 4.78 is 1.51. The molecule has 0 aliphatic carbocycles. The minimum atomic E-state index is -0.613. The van der Waals surface area contributed by atoms with Crippen LogP contribution in [0.25, 0.3) is 5.69 Å². The van der Waals surface area contributed by atoms with Crippen LogP contribution in [0.15, 0.2) is 24.5 Å². The summed E-state index contributed by atoms with van der Waals surface area (Å²) in [7, 11) is 0. The number of nitrogens with one attached hydrogen (secondary N) is 1. The highest BCUT2D eigenvalue weighted by Crippen LogP contribution is 2.24. The molecule has 0 spiro atoms. The second-order valence-electron chi connectivity index (χ2n) is 8.81. The fourth-order valence-electron chi connectivity index (χ4n) is 3.75. The number of nitrogens with two attached hydrogens (primary N) is 1. The zero-order chi connectivity index (χ0) is 21.9. The van der Waals surface area contributed by atoms with E-state index in [0.717, 1.165) is 17.7 Å². The number of benzene rings is 1. The molecule has 1 aromatic carbocycles. The molecular weight excluding hydrogens is 406 g/mol. The van der Waals surface area contributed by atoms with Crippen molar-refractivity contribution in [2.45, 2.75) is 58.7 Å². The maximum absolute atomic E-state index is 12.9. The minimum absolute atomic E-state index is 0.0637. The fourth-order valence-corrected chi connectivity index (χ4v) is 3.95. The largest absolute Gasteiger partial charge is 0.350 e. The molecule has 1 aliphatic heterocycles. The highest BCUT2D eigenvalue weighted by Gasteiger charge is 2.37. The molecule has 0 unspecified atom stereocenters. The number of nitrogens with zero attached hydrogens (tertiary/aromatic N) is 5. The molecular formula is C20H28ClN7O2. The summed E-state index contributed by atoms with van der Waals surface area (Å²) in [5.74, 6) is -0.369. The number of halogens is 1. The molecule has 9 nitrogen and oxygen atoms in total. The third kappa shape index (κ3) is 5.34. The molecule has 162 valence electrons. The molecule has 0 radical (unpaired) electrons. The van der Waals surface area contributed by atoms with E-state index in [-0.39, 0.29) is 23.8 Å². The lowest BCUT2D eigenvalue weighted by atomic mass is 9.88. The molecule has 0 bridgehead atoms. The highest BCUT2D eigenvalue weighted by atomic mass is 35.5. The minimum Gasteiger partial charge on any atom is -0.350 e. The molecule has 2 amide bonds. The van der Waals surface area contributed by atoms with Crippen molar-refractivity contribution in [1.82, 2.24) is 30.4 Å². The Morgan fingerprint density at radius 2 is 2.13 bits per heavy atom. The molecule has 0 saturated carbocycles. The van der Waals surface area contributed by atoms with E-state index in [1.54, 1.807) is 23.1 Å². The molecule has 2 aromatic rings. The van der Waals surface area contributed by atoms with Crippen molar-refractivity contribution in [2.75, 3.05) is 6.54 Å². The van der Waals surface area contributed by atoms with E-state index in [1.807, 2.05) is 20.8 Å². The van der Waals surface area contributed by atoms with Crippen molar-refractivity contribution in [1.29, 1.82) is 0 Å². The monoisotopic (exact) mass is 433 g/mol. The van der Waals surface area contributed by atoms with Crippen LogP contribution in [-0.4, -0.2) is 55.5 Å². The smallest absolute Gasteiger partial charge is 0.243 e. The number of likely N-dealkylation sites (tertiary alicyclic amines) is 1. The van der Waals surface area contributed by atoms with Crippen LogP contribution in [0.5, 0.6) is 0 Å². The van der Waals surface area contributed by atoms with Gasteiger partial charge < -0.3 is 16.0 Å². The van der Waals surface area contributed by atoms with Gasteiger partial charge in [-0.25, -0.2) is 4.68 Å². The van der Waals surface area contributed by atoms with E-state index in [4.69, 9.17) is 17.3 Å². The maximum Gasteiger partial charge on any atom is 0.243 e. The van der Waals surface area contributed by atoms with Crippen molar-refractivity contribution in [2.24, 2.45) is 11.1 Å². The Morgan fingerprint density at radius 1 is 1.37 bits per heavy atom. The van der Waals surface area contributed by atoms with Crippen LogP contribution in [0.3, 0.4) is 0 Å². The molecule has 1 aromatic heterocycles. The highest BCUT2D eigenvalue weighted by molar-refractivity contribution is 6.30. The standard InChI is InChI=1S/C20H28ClN7O2/c1-20(2,3)10-15(22)19(30)27-8-4-5-17(27)18(29)23-11-13-9-14(21)6-7-16(13)28-12-24-25-26-28/h6-7,9,12,15,17H,4-5,8,10-11,22H2,1-3H3,(H,23,29)/t15-,17+/m1/s1. The van der Waals surface area contributed by atoms with Gasteiger partial charge in [0, 0.05) is 18.1 Å². The Kier molecular flexibility index (Phi) is 6.72. The lowest BCUT2D eigenvalue weighted by Crippen LogP contribution is -2.51. The van der Waals surface area contributed by atoms with Gasteiger partial charge in [-0.05, 0) is 58.9 Å². The Bertz CT molecular complexity index is 895. The topological polar surface area (TPSA) is 119 Å². The van der Waals surface area contributed by atoms with Crippen LogP contribution in [-0.2, 0) is 16.1 Å². The van der Waals surface area contributed by atoms with Gasteiger partial charge in [-0.2, -0.15) is 0 Å². The van der Waals surface area contributed by atoms with Gasteiger partial charge in [-0.3, -0.25) is 9.59 Å². The zero-order valence-corrected chi connectivity index (χ0v) is 18.3. The van der Waals surface area contributed by atoms with Gasteiger partial charge in [0.05, 0.1) is 11.7 Å². The van der Waals surface area contributed by atoms with E-state index in [9.17, 15) is 9.59 Å². The summed E-state index contributed by atoms with van der Waals surface area (Å²) in [5, 5.41) is 14.7. The SMILES string of the molecule is CC(C)(C)C[C@@H](N)C(=O)N1CCC[C@H]1C(=O)NCc1cc(Cl)ccc1-n1cnnn1. The first-order valence-corrected chi connectivity index (χ1v) is 10.4. The number of aromatic nitrogens is 4. The lowest BCUT2D eigenvalue weighted by Gasteiger charge is -2.29. The fraction of sp³-hybridized carbons (Fsp3) is 0.550. The van der Waals surface area contributed by atoms with Crippen LogP contribution >= 0.6 is 11.6 Å². The van der Waals surface area contributed by atoms with Crippen molar-refractivity contribution >= 4 is 23.4 Å². The first-order valence-electron chi connectivity index (χ1n) is 10.0. The Balaban J connectivity index is 1.68. The predicted octanol–water partition coefficient (Wildman–Crippen LogP) is 1.69. The first-order chi connectivity index (χ1) is 14.2. The number of carbonyl (C=O) groups is 2. The van der Waals surface area contributed by atoms with E-state index < -0.39 is 12.1 Å². The molecule has 10 heteroatoms. The van der Waals surface area contributed by atoms with E-state index >= 15 is 0 Å². The Hall–Kier alpha value is -2.52. The molecule has 3 rings (SSSR count). The summed E-state index contributed by atoms with van der Waals surface area (Å²) in [6.07, 6.45) is 3.44. The molecule has 1 saturated heterocycles. The van der Waals surface area contributed by atoms with Gasteiger partial charge in [0.1, 0.15) is 12.4 Å². The molecule has 1 fully saturated rings. The van der Waals surface area contributed by atoms with Gasteiger partial charge in [-0.15, -0.1) is 5.10 Å². The van der Waals surface area contributed by atoms with Gasteiger partial charge in [-0.1, -0.05) is 32.4 Å². The summed E-state index contributed by atoms with van der Waals surface area (Å²) in [6.45, 7) is 6.91. The number of hydrogen-bond donors (Lipinski definition) is 2. The van der Waals surface area contributed by atoms with E-state index in [0.29, 0.717) is 24.4 Å². The van der Waals surface area contributed by atoms with E-state index in [2.05, 4.69) is 20.8 Å². The van der Waals surface area contributed by atoms with Crippen molar-refractivity contribution in [3.05, 3.63) is 35.1 Å². The third-order valence-electron chi connectivity index (χ3n) is 5.08. The normalized spacial score (nSPS) is 17.8. The lowest BCUT2D eigenvalue weighted by molar-refractivity contribution is -0.139. The average Bonchev–Trinajstić information content (AvgIpc) is 3.36. The van der Waals surface area contributed by atoms with E-state index in [1.165, 1.54) is 11.0 Å². The molecule has 3 N–H and O–H groups in total. The summed E-state index contributed by atoms with van der Waals surface area (Å²) in [4.78, 5) is 27.4. The van der Waals surface area contributed by atoms with Crippen molar-refractivity contribution in [3.8, 4) is 5.69 Å². The number of carbonyl (C=O) groups excluding carboxylic acids is 2. The summed E-state index contributed by atoms with van der Waals surface area (Å²) in [5.41, 5.74) is 7.56. The number of rotatable bonds is 6. The van der Waals surface area contributed by atoms with Crippen LogP contribution in [0.4, 0.5) is 0 Å². The van der Waals surface area contributed by atoms with Crippen LogP contribution in [0.2, 0.25) is 5.02 Å². The average molecular weight is 434 g/mol. The van der Waals surface area contributed by atoms with Crippen LogP contribution in [0.1, 0.15) is 45.6 Å². The Labute approximate surface area is 180 Å². The first kappa shape index (κ1) is 22.2. The molecule has 2 atom stereocenters. The molecule has 1 aliphatic rings. The quantitative estimate of drug-likeness (QED) is 0.715. The molecule has 30 heavy (non-hydrogen) atoms. The zero-order valence-electron chi connectivity index (χ0n) is 17.5. The van der Waals surface area contributed by atoms with Gasteiger partial charge in [0.25, 0.3) is 0 Å². The maximum atomic E-state index is 12.9. The van der Waals surface area contributed by atoms with Crippen molar-refractivity contribution in [3.63, 3.8) is 0 Å². The van der Waals surface area contributed by atoms with Crippen LogP contribution < -0.4 is 11.1 Å². The van der Waals surface area contributed by atoms with Crippen molar-refractivity contribution < 1.29 is 9.59 Å². The third-order valence-corrected chi connectivity index (χ3v) is 5.31. The summed E-state index contributed by atoms with van der Waals surface area (Å²) >= 11 is 6.13. The second-order valence-corrected chi connectivity index (χ2v) is 9.24. The predicted molar refractivity (Wildman–Crippen MR) is 113 cm³/mol. The van der Waals surface area contributed by atoms with Crippen LogP contribution in [0, 0.1) is 5.41 Å². The van der Waals surface area contributed by atoms with Gasteiger partial charge >= 0.3 is 0 Å².